The predicted molar refractivity (Wildman–Crippen MR) is 104 cm³/mol. The minimum Gasteiger partial charge on any atom is -0.378 e. The first-order valence-electron chi connectivity index (χ1n) is 9.67. The lowest BCUT2D eigenvalue weighted by Crippen LogP contribution is -2.58. The second kappa shape index (κ2) is 6.68. The van der Waals surface area contributed by atoms with Crippen LogP contribution in [0.2, 0.25) is 0 Å². The van der Waals surface area contributed by atoms with Crippen LogP contribution in [0.15, 0.2) is 24.3 Å². The number of fused-ring (bicyclic) bond motifs is 1. The van der Waals surface area contributed by atoms with Crippen LogP contribution < -0.4 is 0 Å². The highest BCUT2D eigenvalue weighted by Crippen LogP contribution is 2.33. The summed E-state index contributed by atoms with van der Waals surface area (Å²) in [4.78, 5) is 30.3. The Labute approximate surface area is 159 Å². The summed E-state index contributed by atoms with van der Waals surface area (Å²) in [5, 5.41) is 1.06. The molecular formula is C21H27N3O3. The van der Waals surface area contributed by atoms with Gasteiger partial charge >= 0.3 is 0 Å². The van der Waals surface area contributed by atoms with Gasteiger partial charge < -0.3 is 19.1 Å². The van der Waals surface area contributed by atoms with Crippen molar-refractivity contribution in [3.8, 4) is 0 Å². The molecule has 0 N–H and O–H groups in total. The Morgan fingerprint density at radius 2 is 1.85 bits per heavy atom. The monoisotopic (exact) mass is 369 g/mol. The van der Waals surface area contributed by atoms with E-state index < -0.39 is 5.54 Å². The quantitative estimate of drug-likeness (QED) is 0.816. The maximum absolute atomic E-state index is 13.4. The van der Waals surface area contributed by atoms with Crippen molar-refractivity contribution in [2.45, 2.75) is 32.2 Å². The number of carbonyl (C=O) groups is 2. The number of rotatable bonds is 2. The van der Waals surface area contributed by atoms with Gasteiger partial charge in [0, 0.05) is 37.6 Å². The fourth-order valence-electron chi connectivity index (χ4n) is 4.43. The van der Waals surface area contributed by atoms with Crippen molar-refractivity contribution in [1.82, 2.24) is 14.4 Å². The highest BCUT2D eigenvalue weighted by Gasteiger charge is 2.48. The third-order valence-electron chi connectivity index (χ3n) is 6.06. The molecule has 4 rings (SSSR count). The van der Waals surface area contributed by atoms with E-state index in [9.17, 15) is 9.59 Å². The SMILES string of the molecule is Cc1ccc2c(c1)cc(C(=O)N1CCC[C@@]1(C)C(=O)N1CCOCC1)n2C. The molecular weight excluding hydrogens is 342 g/mol. The molecule has 2 saturated heterocycles. The van der Waals surface area contributed by atoms with E-state index >= 15 is 0 Å². The van der Waals surface area contributed by atoms with Gasteiger partial charge in [-0.2, -0.15) is 0 Å². The molecule has 2 amide bonds. The van der Waals surface area contributed by atoms with Crippen molar-refractivity contribution < 1.29 is 14.3 Å². The smallest absolute Gasteiger partial charge is 0.271 e. The number of hydrogen-bond donors (Lipinski definition) is 0. The summed E-state index contributed by atoms with van der Waals surface area (Å²) >= 11 is 0. The molecule has 0 radical (unpaired) electrons. The Morgan fingerprint density at radius 3 is 2.59 bits per heavy atom. The lowest BCUT2D eigenvalue weighted by Gasteiger charge is -2.39. The lowest BCUT2D eigenvalue weighted by atomic mass is 9.96. The second-order valence-electron chi connectivity index (χ2n) is 7.89. The summed E-state index contributed by atoms with van der Waals surface area (Å²) in [5.74, 6) is -0.0146. The molecule has 0 bridgehead atoms. The van der Waals surface area contributed by atoms with E-state index in [1.807, 2.05) is 42.5 Å². The largest absolute Gasteiger partial charge is 0.378 e. The highest BCUT2D eigenvalue weighted by atomic mass is 16.5. The third kappa shape index (κ3) is 2.92. The molecule has 3 heterocycles. The lowest BCUT2D eigenvalue weighted by molar-refractivity contribution is -0.144. The number of ether oxygens (including phenoxy) is 1. The molecule has 1 aromatic heterocycles. The number of benzene rings is 1. The van der Waals surface area contributed by atoms with Crippen LogP contribution >= 0.6 is 0 Å². The van der Waals surface area contributed by atoms with E-state index in [4.69, 9.17) is 4.74 Å². The molecule has 2 fully saturated rings. The van der Waals surface area contributed by atoms with Gasteiger partial charge in [-0.25, -0.2) is 0 Å². The molecule has 1 atom stereocenters. The van der Waals surface area contributed by atoms with Gasteiger partial charge in [-0.05, 0) is 44.9 Å². The van der Waals surface area contributed by atoms with Crippen LogP contribution in [0.3, 0.4) is 0 Å². The molecule has 1 aromatic carbocycles. The predicted octanol–water partition coefficient (Wildman–Crippen LogP) is 2.34. The zero-order chi connectivity index (χ0) is 19.2. The van der Waals surface area contributed by atoms with Crippen LogP contribution in [0.25, 0.3) is 10.9 Å². The number of likely N-dealkylation sites (tertiary alicyclic amines) is 1. The van der Waals surface area contributed by atoms with E-state index in [1.165, 1.54) is 5.56 Å². The molecule has 144 valence electrons. The van der Waals surface area contributed by atoms with Crippen molar-refractivity contribution in [1.29, 1.82) is 0 Å². The number of amides is 2. The summed E-state index contributed by atoms with van der Waals surface area (Å²) < 4.78 is 7.31. The van der Waals surface area contributed by atoms with E-state index in [2.05, 4.69) is 12.1 Å². The summed E-state index contributed by atoms with van der Waals surface area (Å²) in [6.07, 6.45) is 1.55. The summed E-state index contributed by atoms with van der Waals surface area (Å²) in [5.41, 5.74) is 2.06. The molecule has 27 heavy (non-hydrogen) atoms. The van der Waals surface area contributed by atoms with Gasteiger partial charge in [0.2, 0.25) is 5.91 Å². The molecule has 0 unspecified atom stereocenters. The van der Waals surface area contributed by atoms with Crippen LogP contribution in [0, 0.1) is 6.92 Å². The average molecular weight is 369 g/mol. The van der Waals surface area contributed by atoms with Gasteiger partial charge in [0.05, 0.1) is 13.2 Å². The van der Waals surface area contributed by atoms with Gasteiger partial charge in [0.15, 0.2) is 0 Å². The topological polar surface area (TPSA) is 54.8 Å². The Morgan fingerprint density at radius 1 is 1.11 bits per heavy atom. The number of aromatic nitrogens is 1. The van der Waals surface area contributed by atoms with Crippen LogP contribution in [-0.4, -0.2) is 64.6 Å². The second-order valence-corrected chi connectivity index (χ2v) is 7.89. The van der Waals surface area contributed by atoms with Crippen molar-refractivity contribution in [2.24, 2.45) is 7.05 Å². The molecule has 0 spiro atoms. The van der Waals surface area contributed by atoms with Crippen molar-refractivity contribution >= 4 is 22.7 Å². The standard InChI is InChI=1S/C21H27N3O3/c1-15-5-6-17-16(13-15)14-18(22(17)3)19(25)24-8-4-7-21(24,2)20(26)23-9-11-27-12-10-23/h5-6,13-14H,4,7-12H2,1-3H3/t21-/m0/s1. The van der Waals surface area contributed by atoms with Gasteiger partial charge in [-0.15, -0.1) is 0 Å². The first-order chi connectivity index (χ1) is 12.9. The minimum atomic E-state index is -0.777. The Balaban J connectivity index is 1.66. The van der Waals surface area contributed by atoms with Gasteiger partial charge in [0.1, 0.15) is 11.2 Å². The maximum atomic E-state index is 13.4. The fourth-order valence-corrected chi connectivity index (χ4v) is 4.43. The number of morpholine rings is 1. The molecule has 6 nitrogen and oxygen atoms in total. The molecule has 2 aliphatic heterocycles. The Bertz CT molecular complexity index is 897. The molecule has 0 saturated carbocycles. The van der Waals surface area contributed by atoms with E-state index in [-0.39, 0.29) is 11.8 Å². The van der Waals surface area contributed by atoms with E-state index in [0.717, 1.165) is 17.3 Å². The number of nitrogens with zero attached hydrogens (tertiary/aromatic N) is 3. The van der Waals surface area contributed by atoms with Gasteiger partial charge in [-0.3, -0.25) is 9.59 Å². The summed E-state index contributed by atoms with van der Waals surface area (Å²) in [7, 11) is 1.92. The number of hydrogen-bond acceptors (Lipinski definition) is 3. The van der Waals surface area contributed by atoms with E-state index in [1.54, 1.807) is 4.90 Å². The third-order valence-corrected chi connectivity index (χ3v) is 6.06. The van der Waals surface area contributed by atoms with Gasteiger partial charge in [0.25, 0.3) is 5.91 Å². The van der Waals surface area contributed by atoms with Crippen LogP contribution in [0.5, 0.6) is 0 Å². The Hall–Kier alpha value is -2.34. The first kappa shape index (κ1) is 18.0. The maximum Gasteiger partial charge on any atom is 0.271 e. The summed E-state index contributed by atoms with van der Waals surface area (Å²) in [6.45, 7) is 6.92. The molecule has 2 aromatic rings. The zero-order valence-corrected chi connectivity index (χ0v) is 16.3. The normalized spacial score (nSPS) is 23.2. The molecule has 6 heteroatoms. The number of aryl methyl sites for hydroxylation is 2. The number of carbonyl (C=O) groups excluding carboxylic acids is 2. The molecule has 2 aliphatic rings. The highest BCUT2D eigenvalue weighted by molar-refractivity contribution is 6.02. The minimum absolute atomic E-state index is 0.0475. The summed E-state index contributed by atoms with van der Waals surface area (Å²) in [6, 6.07) is 8.14. The van der Waals surface area contributed by atoms with Crippen LogP contribution in [0.1, 0.15) is 35.8 Å². The average Bonchev–Trinajstić information content (AvgIpc) is 3.22. The fraction of sp³-hybridized carbons (Fsp3) is 0.524. The van der Waals surface area contributed by atoms with Crippen LogP contribution in [-0.2, 0) is 16.6 Å². The Kier molecular flexibility index (Phi) is 4.46. The van der Waals surface area contributed by atoms with Crippen molar-refractivity contribution in [2.75, 3.05) is 32.8 Å². The van der Waals surface area contributed by atoms with Gasteiger partial charge in [-0.1, -0.05) is 11.6 Å². The zero-order valence-electron chi connectivity index (χ0n) is 16.3. The first-order valence-corrected chi connectivity index (χ1v) is 9.67. The van der Waals surface area contributed by atoms with Crippen molar-refractivity contribution in [3.63, 3.8) is 0 Å². The molecule has 0 aliphatic carbocycles. The van der Waals surface area contributed by atoms with Crippen LogP contribution in [0.4, 0.5) is 0 Å². The van der Waals surface area contributed by atoms with E-state index in [0.29, 0.717) is 45.0 Å². The van der Waals surface area contributed by atoms with Crippen molar-refractivity contribution in [3.05, 3.63) is 35.5 Å².